The molecule has 3 N–H and O–H groups in total. The number of carbonyl (C=O) groups excluding carboxylic acids is 1. The van der Waals surface area contributed by atoms with E-state index >= 15 is 0 Å². The molecule has 2 heterocycles. The first-order valence-corrected chi connectivity index (χ1v) is 13.5. The van der Waals surface area contributed by atoms with Crippen LogP contribution >= 0.6 is 0 Å². The molecule has 8 nitrogen and oxygen atoms in total. The van der Waals surface area contributed by atoms with Crippen LogP contribution in [-0.2, 0) is 11.5 Å². The number of fused-ring (bicyclic) bond motifs is 1. The van der Waals surface area contributed by atoms with Gasteiger partial charge in [-0.2, -0.15) is 5.26 Å². The van der Waals surface area contributed by atoms with E-state index in [1.54, 1.807) is 10.8 Å². The van der Waals surface area contributed by atoms with Gasteiger partial charge in [0, 0.05) is 44.9 Å². The zero-order chi connectivity index (χ0) is 23.5. The summed E-state index contributed by atoms with van der Waals surface area (Å²) in [6, 6.07) is 5.25. The van der Waals surface area contributed by atoms with Crippen LogP contribution in [0.5, 0.6) is 11.5 Å². The van der Waals surface area contributed by atoms with E-state index in [0.29, 0.717) is 17.6 Å². The van der Waals surface area contributed by atoms with Crippen LogP contribution in [0.4, 0.5) is 19.3 Å². The summed E-state index contributed by atoms with van der Waals surface area (Å²) in [6.07, 6.45) is 2.97. The van der Waals surface area contributed by atoms with Crippen LogP contribution < -0.4 is 15.8 Å². The molecule has 2 aromatic heterocycles. The van der Waals surface area contributed by atoms with Crippen molar-refractivity contribution in [1.82, 2.24) is 9.55 Å². The second-order valence-corrected chi connectivity index (χ2v) is 14.0. The average molecular weight is 460 g/mol. The molecule has 11 heteroatoms. The molecule has 168 valence electrons. The van der Waals surface area contributed by atoms with Crippen molar-refractivity contribution in [3.05, 3.63) is 47.8 Å². The molecule has 0 saturated heterocycles. The van der Waals surface area contributed by atoms with Crippen molar-refractivity contribution < 1.29 is 23.0 Å². The lowest BCUT2D eigenvalue weighted by Crippen LogP contribution is -2.22. The molecule has 0 atom stereocenters. The topological polar surface area (TPSA) is 115 Å². The Morgan fingerprint density at radius 3 is 2.59 bits per heavy atom. The number of hydrogen-bond acceptors (Lipinski definition) is 5. The predicted molar refractivity (Wildman–Crippen MR) is 118 cm³/mol. The summed E-state index contributed by atoms with van der Waals surface area (Å²) in [5, 5.41) is 12.0. The number of aromatic nitrogens is 2. The Balaban J connectivity index is 1.91. The third-order valence-electron chi connectivity index (χ3n) is 4.54. The fourth-order valence-corrected chi connectivity index (χ4v) is 3.73. The summed E-state index contributed by atoms with van der Waals surface area (Å²) >= 11 is 0. The van der Waals surface area contributed by atoms with Gasteiger partial charge in [0.05, 0.1) is 10.9 Å². The number of nitrogens with two attached hydrogens (primary N) is 1. The molecule has 0 aliphatic rings. The molecule has 0 radical (unpaired) electrons. The number of primary amides is 1. The number of carbonyl (C=O) groups is 1. The molecule has 0 aliphatic heterocycles. The molecular formula is C21H23F2N5O3Si. The quantitative estimate of drug-likeness (QED) is 0.371. The second-order valence-electron chi connectivity index (χ2n) is 8.34. The number of pyridine rings is 1. The highest BCUT2D eigenvalue weighted by Crippen LogP contribution is 2.35. The fraction of sp³-hybridized carbons (Fsp3) is 0.286. The van der Waals surface area contributed by atoms with Gasteiger partial charge in [-0.25, -0.2) is 18.6 Å². The minimum Gasteiger partial charge on any atom is -0.450 e. The van der Waals surface area contributed by atoms with Crippen molar-refractivity contribution in [2.24, 2.45) is 5.73 Å². The molecule has 2 amide bonds. The molecule has 3 rings (SSSR count). The van der Waals surface area contributed by atoms with Gasteiger partial charge in [0.2, 0.25) is 0 Å². The van der Waals surface area contributed by atoms with E-state index in [2.05, 4.69) is 36.0 Å². The van der Waals surface area contributed by atoms with Crippen molar-refractivity contribution in [2.45, 2.75) is 32.4 Å². The summed E-state index contributed by atoms with van der Waals surface area (Å²) in [6.45, 7) is 7.49. The van der Waals surface area contributed by atoms with Crippen LogP contribution in [0.2, 0.25) is 25.7 Å². The third kappa shape index (κ3) is 5.40. The minimum absolute atomic E-state index is 0.0563. The van der Waals surface area contributed by atoms with Crippen LogP contribution in [0.15, 0.2) is 30.6 Å². The summed E-state index contributed by atoms with van der Waals surface area (Å²) < 4.78 is 41.9. The van der Waals surface area contributed by atoms with Gasteiger partial charge >= 0.3 is 6.03 Å². The minimum atomic E-state index is -1.25. The second kappa shape index (κ2) is 9.33. The van der Waals surface area contributed by atoms with Crippen molar-refractivity contribution in [1.29, 1.82) is 5.26 Å². The summed E-state index contributed by atoms with van der Waals surface area (Å²) in [4.78, 5) is 15.2. The van der Waals surface area contributed by atoms with Gasteiger partial charge in [0.25, 0.3) is 0 Å². The van der Waals surface area contributed by atoms with Crippen LogP contribution in [0.1, 0.15) is 5.56 Å². The summed E-state index contributed by atoms with van der Waals surface area (Å²) in [7, 11) is -1.25. The Labute approximate surface area is 184 Å². The number of nitriles is 1. The number of rotatable bonds is 8. The first-order chi connectivity index (χ1) is 15.1. The molecule has 0 spiro atoms. The predicted octanol–water partition coefficient (Wildman–Crippen LogP) is 4.78. The SMILES string of the molecule is C[Si](C)(C)CCOCn1cc(C#N)c2c(Oc3c(F)cc(NC(N)=O)cc3F)ccnc21. The van der Waals surface area contributed by atoms with Crippen molar-refractivity contribution in [3.63, 3.8) is 0 Å². The van der Waals surface area contributed by atoms with Crippen LogP contribution in [0.3, 0.4) is 0 Å². The highest BCUT2D eigenvalue weighted by Gasteiger charge is 2.20. The van der Waals surface area contributed by atoms with Gasteiger partial charge in [0.1, 0.15) is 24.2 Å². The molecule has 0 bridgehead atoms. The number of urea groups is 1. The highest BCUT2D eigenvalue weighted by atomic mass is 28.3. The Morgan fingerprint density at radius 1 is 1.31 bits per heavy atom. The molecular weight excluding hydrogens is 436 g/mol. The number of anilines is 1. The van der Waals surface area contributed by atoms with E-state index in [9.17, 15) is 18.8 Å². The standard InChI is InChI=1S/C21H23F2N5O3Si/c1-32(2,3)7-6-30-12-28-11-13(10-24)18-17(4-5-26-20(18)28)31-19-15(22)8-14(9-16(19)23)27-21(25)29/h4-5,8-9,11H,6-7,12H2,1-3H3,(H3,25,27,29). The summed E-state index contributed by atoms with van der Waals surface area (Å²) in [5.74, 6) is -2.73. The maximum atomic E-state index is 14.5. The van der Waals surface area contributed by atoms with Gasteiger partial charge in [-0.1, -0.05) is 19.6 Å². The smallest absolute Gasteiger partial charge is 0.316 e. The molecule has 0 saturated carbocycles. The number of hydrogen-bond donors (Lipinski definition) is 2. The van der Waals surface area contributed by atoms with Crippen LogP contribution in [0.25, 0.3) is 11.0 Å². The lowest BCUT2D eigenvalue weighted by Gasteiger charge is -2.15. The monoisotopic (exact) mass is 459 g/mol. The molecule has 3 aromatic rings. The molecule has 32 heavy (non-hydrogen) atoms. The van der Waals surface area contributed by atoms with Crippen molar-refractivity contribution in [2.75, 3.05) is 11.9 Å². The van der Waals surface area contributed by atoms with E-state index in [1.165, 1.54) is 12.3 Å². The Hall–Kier alpha value is -3.49. The van der Waals surface area contributed by atoms with E-state index in [0.717, 1.165) is 18.2 Å². The molecule has 0 fully saturated rings. The lowest BCUT2D eigenvalue weighted by molar-refractivity contribution is 0.0898. The first-order valence-electron chi connectivity index (χ1n) is 9.78. The van der Waals surface area contributed by atoms with Gasteiger partial charge in [0.15, 0.2) is 17.4 Å². The first kappa shape index (κ1) is 23.2. The van der Waals surface area contributed by atoms with Crippen molar-refractivity contribution >= 4 is 30.8 Å². The van der Waals surface area contributed by atoms with Crippen LogP contribution in [0, 0.1) is 23.0 Å². The number of nitrogens with one attached hydrogen (secondary N) is 1. The van der Waals surface area contributed by atoms with E-state index < -0.39 is 31.5 Å². The Kier molecular flexibility index (Phi) is 6.76. The zero-order valence-electron chi connectivity index (χ0n) is 17.9. The third-order valence-corrected chi connectivity index (χ3v) is 6.25. The van der Waals surface area contributed by atoms with Gasteiger partial charge in [-0.05, 0) is 12.1 Å². The summed E-state index contributed by atoms with van der Waals surface area (Å²) in [5.41, 5.74) is 5.43. The number of ether oxygens (including phenoxy) is 2. The molecule has 0 unspecified atom stereocenters. The van der Waals surface area contributed by atoms with Gasteiger partial charge in [-0.15, -0.1) is 0 Å². The zero-order valence-corrected chi connectivity index (χ0v) is 18.9. The number of nitrogens with zero attached hydrogens (tertiary/aromatic N) is 3. The maximum Gasteiger partial charge on any atom is 0.316 e. The van der Waals surface area contributed by atoms with Crippen molar-refractivity contribution in [3.8, 4) is 17.6 Å². The molecule has 0 aliphatic carbocycles. The van der Waals surface area contributed by atoms with Gasteiger partial charge in [-0.3, -0.25) is 0 Å². The number of benzene rings is 1. The number of amides is 2. The van der Waals surface area contributed by atoms with E-state index in [-0.39, 0.29) is 23.7 Å². The molecule has 1 aromatic carbocycles. The lowest BCUT2D eigenvalue weighted by atomic mass is 10.2. The fourth-order valence-electron chi connectivity index (χ4n) is 2.98. The number of halogens is 2. The largest absolute Gasteiger partial charge is 0.450 e. The van der Waals surface area contributed by atoms with Crippen LogP contribution in [-0.4, -0.2) is 30.3 Å². The van der Waals surface area contributed by atoms with Gasteiger partial charge < -0.3 is 25.1 Å². The normalized spacial score (nSPS) is 11.4. The Bertz CT molecular complexity index is 1180. The maximum absolute atomic E-state index is 14.5. The highest BCUT2D eigenvalue weighted by molar-refractivity contribution is 6.76. The Morgan fingerprint density at radius 2 is 2.00 bits per heavy atom. The average Bonchev–Trinajstić information content (AvgIpc) is 3.05. The van der Waals surface area contributed by atoms with E-state index in [1.807, 2.05) is 0 Å². The van der Waals surface area contributed by atoms with E-state index in [4.69, 9.17) is 15.2 Å².